The summed E-state index contributed by atoms with van der Waals surface area (Å²) in [5.74, 6) is 1.04. The number of anilines is 1. The number of pyridine rings is 1. The minimum absolute atomic E-state index is 0.0411. The Kier molecular flexibility index (Phi) is 5.88. The van der Waals surface area contributed by atoms with Gasteiger partial charge in [-0.05, 0) is 23.8 Å². The molecule has 0 aliphatic carbocycles. The number of hydrogen-bond acceptors (Lipinski definition) is 6. The lowest BCUT2D eigenvalue weighted by atomic mass is 10.1. The summed E-state index contributed by atoms with van der Waals surface area (Å²) in [6, 6.07) is 15.0. The molecule has 2 aromatic heterocycles. The zero-order chi connectivity index (χ0) is 21.8. The molecule has 4 rings (SSSR count). The third-order valence-electron chi connectivity index (χ3n) is 5.05. The van der Waals surface area contributed by atoms with Crippen LogP contribution >= 0.6 is 0 Å². The first-order chi connectivity index (χ1) is 15.0. The van der Waals surface area contributed by atoms with E-state index in [9.17, 15) is 9.59 Å². The van der Waals surface area contributed by atoms with Crippen molar-refractivity contribution in [2.24, 2.45) is 0 Å². The van der Waals surface area contributed by atoms with Crippen LogP contribution in [0, 0.1) is 0 Å². The van der Waals surface area contributed by atoms with E-state index < -0.39 is 0 Å². The van der Waals surface area contributed by atoms with Crippen LogP contribution in [0.4, 0.5) is 5.82 Å². The number of rotatable bonds is 7. The number of benzene rings is 1. The predicted molar refractivity (Wildman–Crippen MR) is 117 cm³/mol. The van der Waals surface area contributed by atoms with Gasteiger partial charge in [-0.1, -0.05) is 24.3 Å². The van der Waals surface area contributed by atoms with E-state index in [2.05, 4.69) is 20.3 Å². The van der Waals surface area contributed by atoms with Crippen LogP contribution in [0.5, 0.6) is 0 Å². The average molecular weight is 416 g/mol. The smallest absolute Gasteiger partial charge is 0.254 e. The second kappa shape index (κ2) is 8.91. The largest absolute Gasteiger partial charge is 0.363 e. The number of nitrogens with zero attached hydrogens (tertiary/aromatic N) is 5. The van der Waals surface area contributed by atoms with Gasteiger partial charge in [0.2, 0.25) is 5.91 Å². The van der Waals surface area contributed by atoms with Gasteiger partial charge in [0, 0.05) is 57.1 Å². The summed E-state index contributed by atoms with van der Waals surface area (Å²) in [7, 11) is 3.84. The van der Waals surface area contributed by atoms with Crippen molar-refractivity contribution in [2.75, 3.05) is 32.1 Å². The number of carbonyl (C=O) groups is 2. The molecule has 158 valence electrons. The summed E-state index contributed by atoms with van der Waals surface area (Å²) >= 11 is 0. The minimum atomic E-state index is -0.187. The topological polar surface area (TPSA) is 91.3 Å². The zero-order valence-corrected chi connectivity index (χ0v) is 17.6. The van der Waals surface area contributed by atoms with Crippen LogP contribution in [0.2, 0.25) is 0 Å². The summed E-state index contributed by atoms with van der Waals surface area (Å²) in [5.41, 5.74) is 3.14. The van der Waals surface area contributed by atoms with Gasteiger partial charge in [0.1, 0.15) is 18.1 Å². The Balaban J connectivity index is 1.37. The molecule has 31 heavy (non-hydrogen) atoms. The lowest BCUT2D eigenvalue weighted by molar-refractivity contribution is -0.121. The van der Waals surface area contributed by atoms with Gasteiger partial charge in [0.05, 0.1) is 0 Å². The van der Waals surface area contributed by atoms with Gasteiger partial charge in [0.25, 0.3) is 5.91 Å². The number of hydrogen-bond donors (Lipinski definition) is 1. The molecule has 2 amide bonds. The Morgan fingerprint density at radius 2 is 1.94 bits per heavy atom. The van der Waals surface area contributed by atoms with Crippen LogP contribution in [-0.4, -0.2) is 58.9 Å². The molecule has 3 heterocycles. The van der Waals surface area contributed by atoms with Crippen LogP contribution in [-0.2, 0) is 17.8 Å². The maximum absolute atomic E-state index is 12.4. The van der Waals surface area contributed by atoms with Crippen LogP contribution in [0.1, 0.15) is 21.6 Å². The molecule has 0 radical (unpaired) electrons. The molecular formula is C23H24N6O2. The highest BCUT2D eigenvalue weighted by atomic mass is 16.2. The van der Waals surface area contributed by atoms with E-state index in [-0.39, 0.29) is 18.4 Å². The van der Waals surface area contributed by atoms with Crippen molar-refractivity contribution < 1.29 is 9.59 Å². The quantitative estimate of drug-likeness (QED) is 0.633. The third-order valence-corrected chi connectivity index (χ3v) is 5.05. The molecule has 1 N–H and O–H groups in total. The molecule has 0 fully saturated rings. The van der Waals surface area contributed by atoms with Gasteiger partial charge in [-0.2, -0.15) is 0 Å². The fourth-order valence-corrected chi connectivity index (χ4v) is 3.45. The summed E-state index contributed by atoms with van der Waals surface area (Å²) < 4.78 is 0. The Labute approximate surface area is 181 Å². The fraction of sp³-hybridized carbons (Fsp3) is 0.261. The molecule has 1 aliphatic heterocycles. The highest BCUT2D eigenvalue weighted by molar-refractivity contribution is 6.00. The first kappa shape index (κ1) is 20.5. The Hall–Kier alpha value is -3.81. The fourth-order valence-electron chi connectivity index (χ4n) is 3.45. The van der Waals surface area contributed by atoms with Gasteiger partial charge in [-0.3, -0.25) is 14.6 Å². The number of carbonyl (C=O) groups excluding carboxylic acids is 2. The molecule has 1 aliphatic rings. The molecule has 8 nitrogen and oxygen atoms in total. The molecular weight excluding hydrogens is 392 g/mol. The molecule has 1 aromatic carbocycles. The van der Waals surface area contributed by atoms with E-state index in [1.165, 1.54) is 0 Å². The van der Waals surface area contributed by atoms with Gasteiger partial charge >= 0.3 is 0 Å². The third kappa shape index (κ3) is 4.69. The maximum atomic E-state index is 12.4. The summed E-state index contributed by atoms with van der Waals surface area (Å²) in [6.07, 6.45) is 2.25. The van der Waals surface area contributed by atoms with Crippen molar-refractivity contribution in [1.82, 2.24) is 25.2 Å². The first-order valence-corrected chi connectivity index (χ1v) is 10.1. The maximum Gasteiger partial charge on any atom is 0.254 e. The van der Waals surface area contributed by atoms with E-state index in [1.54, 1.807) is 17.2 Å². The van der Waals surface area contributed by atoms with Crippen molar-refractivity contribution in [3.63, 3.8) is 0 Å². The second-order valence-electron chi connectivity index (χ2n) is 7.57. The van der Waals surface area contributed by atoms with E-state index in [1.807, 2.05) is 61.5 Å². The van der Waals surface area contributed by atoms with Crippen molar-refractivity contribution in [2.45, 2.75) is 13.0 Å². The molecule has 0 atom stereocenters. The molecule has 0 spiro atoms. The first-order valence-electron chi connectivity index (χ1n) is 10.1. The van der Waals surface area contributed by atoms with Crippen molar-refractivity contribution in [3.8, 4) is 11.5 Å². The number of fused-ring (bicyclic) bond motifs is 1. The van der Waals surface area contributed by atoms with Crippen LogP contribution < -0.4 is 10.2 Å². The lowest BCUT2D eigenvalue weighted by Crippen LogP contribution is -2.38. The monoisotopic (exact) mass is 416 g/mol. The van der Waals surface area contributed by atoms with E-state index in [4.69, 9.17) is 0 Å². The van der Waals surface area contributed by atoms with E-state index in [0.717, 1.165) is 17.1 Å². The Morgan fingerprint density at radius 1 is 1.13 bits per heavy atom. The normalized spacial score (nSPS) is 12.6. The summed E-state index contributed by atoms with van der Waals surface area (Å²) in [6.45, 7) is 0.923. The van der Waals surface area contributed by atoms with Gasteiger partial charge in [-0.15, -0.1) is 0 Å². The summed E-state index contributed by atoms with van der Waals surface area (Å²) in [4.78, 5) is 41.8. The average Bonchev–Trinajstić information content (AvgIpc) is 3.09. The van der Waals surface area contributed by atoms with Crippen LogP contribution in [0.3, 0.4) is 0 Å². The zero-order valence-electron chi connectivity index (χ0n) is 17.6. The number of aromatic nitrogens is 3. The Morgan fingerprint density at radius 3 is 2.68 bits per heavy atom. The van der Waals surface area contributed by atoms with Gasteiger partial charge < -0.3 is 15.1 Å². The predicted octanol–water partition coefficient (Wildman–Crippen LogP) is 1.92. The lowest BCUT2D eigenvalue weighted by Gasteiger charge is -2.16. The highest BCUT2D eigenvalue weighted by Crippen LogP contribution is 2.21. The van der Waals surface area contributed by atoms with Crippen LogP contribution in [0.15, 0.2) is 54.7 Å². The minimum Gasteiger partial charge on any atom is -0.363 e. The van der Waals surface area contributed by atoms with Crippen molar-refractivity contribution in [3.05, 3.63) is 71.5 Å². The SMILES string of the molecule is CN(C)c1cc(CCNC(=O)CN2Cc3ccccc3C2=O)nc(-c2ccccn2)n1. The van der Waals surface area contributed by atoms with Gasteiger partial charge in [-0.25, -0.2) is 9.97 Å². The van der Waals surface area contributed by atoms with E-state index in [0.29, 0.717) is 36.6 Å². The molecule has 3 aromatic rings. The number of nitrogens with one attached hydrogen (secondary N) is 1. The second-order valence-corrected chi connectivity index (χ2v) is 7.57. The van der Waals surface area contributed by atoms with Crippen molar-refractivity contribution >= 4 is 17.6 Å². The Bertz CT molecular complexity index is 1100. The standard InChI is InChI=1S/C23H24N6O2/c1-28(2)20-13-17(26-22(27-20)19-9-5-6-11-24-19)10-12-25-21(30)15-29-14-16-7-3-4-8-18(16)23(29)31/h3-9,11,13H,10,12,14-15H2,1-2H3,(H,25,30). The molecule has 0 saturated carbocycles. The molecule has 0 bridgehead atoms. The summed E-state index contributed by atoms with van der Waals surface area (Å²) in [5, 5.41) is 2.89. The highest BCUT2D eigenvalue weighted by Gasteiger charge is 2.28. The molecule has 0 unspecified atom stereocenters. The molecule has 8 heteroatoms. The van der Waals surface area contributed by atoms with Crippen molar-refractivity contribution in [1.29, 1.82) is 0 Å². The van der Waals surface area contributed by atoms with Crippen LogP contribution in [0.25, 0.3) is 11.5 Å². The molecule has 0 saturated heterocycles. The number of amides is 2. The van der Waals surface area contributed by atoms with Gasteiger partial charge in [0.15, 0.2) is 5.82 Å². The van der Waals surface area contributed by atoms with E-state index >= 15 is 0 Å².